The van der Waals surface area contributed by atoms with E-state index in [0.717, 1.165) is 24.2 Å². The van der Waals surface area contributed by atoms with Crippen LogP contribution < -0.4 is 15.2 Å². The molecule has 2 aromatic heterocycles. The first-order valence-corrected chi connectivity index (χ1v) is 12.8. The molecule has 1 aromatic carbocycles. The molecule has 2 heterocycles. The summed E-state index contributed by atoms with van der Waals surface area (Å²) < 4.78 is 32.5. The number of thiophene rings is 1. The third kappa shape index (κ3) is 6.57. The van der Waals surface area contributed by atoms with Gasteiger partial charge < -0.3 is 10.1 Å². The van der Waals surface area contributed by atoms with Gasteiger partial charge in [0.2, 0.25) is 5.78 Å². The van der Waals surface area contributed by atoms with Crippen molar-refractivity contribution < 1.29 is 22.1 Å². The number of benzene rings is 1. The van der Waals surface area contributed by atoms with Gasteiger partial charge in [0.1, 0.15) is 24.5 Å². The topological polar surface area (TPSA) is 134 Å². The smallest absolute Gasteiger partial charge is 0.333 e. The van der Waals surface area contributed by atoms with Crippen LogP contribution in [0.3, 0.4) is 0 Å². The molecule has 9 nitrogen and oxygen atoms in total. The van der Waals surface area contributed by atoms with Gasteiger partial charge in [0, 0.05) is 17.8 Å². The van der Waals surface area contributed by atoms with Crippen LogP contribution in [0.4, 0.5) is 5.82 Å². The van der Waals surface area contributed by atoms with Crippen LogP contribution in [0.2, 0.25) is 0 Å². The van der Waals surface area contributed by atoms with Crippen molar-refractivity contribution in [2.45, 2.75) is 31.9 Å². The van der Waals surface area contributed by atoms with Gasteiger partial charge in [-0.1, -0.05) is 18.2 Å². The van der Waals surface area contributed by atoms with Gasteiger partial charge in [-0.25, -0.2) is 15.1 Å². The van der Waals surface area contributed by atoms with Crippen LogP contribution >= 0.6 is 11.3 Å². The average molecular weight is 489 g/mol. The van der Waals surface area contributed by atoms with Gasteiger partial charge in [0.05, 0.1) is 17.0 Å². The fourth-order valence-corrected chi connectivity index (χ4v) is 4.97. The molecular formula is C22H24N4O5S2. The molecule has 0 bridgehead atoms. The molecule has 3 aromatic rings. The summed E-state index contributed by atoms with van der Waals surface area (Å²) >= 11 is 1.35. The van der Waals surface area contributed by atoms with Gasteiger partial charge in [0.15, 0.2) is 0 Å². The number of anilines is 1. The lowest BCUT2D eigenvalue weighted by Gasteiger charge is -2.15. The van der Waals surface area contributed by atoms with Crippen LogP contribution in [-0.2, 0) is 21.1 Å². The Hall–Kier alpha value is -2.86. The molecule has 0 radical (unpaired) electrons. The molecule has 1 saturated carbocycles. The Balaban J connectivity index is 1.38. The van der Waals surface area contributed by atoms with Crippen molar-refractivity contribution in [3.05, 3.63) is 70.3 Å². The molecule has 33 heavy (non-hydrogen) atoms. The summed E-state index contributed by atoms with van der Waals surface area (Å²) in [5.41, 5.74) is 1.30. The molecule has 174 valence electrons. The Morgan fingerprint density at radius 2 is 2.06 bits per heavy atom. The van der Waals surface area contributed by atoms with Crippen LogP contribution in [0, 0.1) is 5.92 Å². The van der Waals surface area contributed by atoms with Gasteiger partial charge in [-0.2, -0.15) is 8.42 Å². The SMILES string of the molecule is NS(=O)(=O)OC[C@@H]1CC[C@H](Nc2ncncc2C(=O)c2cc(COc3ccccc3)cs2)C1. The number of nitrogens with two attached hydrogens (primary N) is 1. The number of carbonyl (C=O) groups is 1. The molecular weight excluding hydrogens is 464 g/mol. The van der Waals surface area contributed by atoms with Gasteiger partial charge in [-0.15, -0.1) is 11.3 Å². The lowest BCUT2D eigenvalue weighted by Crippen LogP contribution is -2.22. The number of nitrogens with zero attached hydrogens (tertiary/aromatic N) is 2. The van der Waals surface area contributed by atoms with Crippen molar-refractivity contribution in [3.8, 4) is 5.75 Å². The maximum Gasteiger partial charge on any atom is 0.333 e. The van der Waals surface area contributed by atoms with E-state index >= 15 is 0 Å². The monoisotopic (exact) mass is 488 g/mol. The fraction of sp³-hybridized carbons (Fsp3) is 0.318. The number of aromatic nitrogens is 2. The molecule has 0 saturated heterocycles. The van der Waals surface area contributed by atoms with E-state index in [1.165, 1.54) is 23.9 Å². The van der Waals surface area contributed by atoms with E-state index < -0.39 is 10.3 Å². The molecule has 2 atom stereocenters. The predicted octanol–water partition coefficient (Wildman–Crippen LogP) is 3.15. The number of para-hydroxylation sites is 1. The molecule has 11 heteroatoms. The van der Waals surface area contributed by atoms with E-state index in [9.17, 15) is 13.2 Å². The van der Waals surface area contributed by atoms with E-state index in [1.54, 1.807) is 0 Å². The first-order chi connectivity index (χ1) is 15.9. The van der Waals surface area contributed by atoms with E-state index in [0.29, 0.717) is 29.3 Å². The molecule has 0 amide bonds. The third-order valence-electron chi connectivity index (χ3n) is 5.33. The van der Waals surface area contributed by atoms with Crippen molar-refractivity contribution in [2.24, 2.45) is 11.1 Å². The zero-order valence-electron chi connectivity index (χ0n) is 17.7. The second-order valence-electron chi connectivity index (χ2n) is 7.83. The number of hydrogen-bond donors (Lipinski definition) is 2. The van der Waals surface area contributed by atoms with Gasteiger partial charge >= 0.3 is 10.3 Å². The van der Waals surface area contributed by atoms with E-state index in [-0.39, 0.29) is 24.3 Å². The highest BCUT2D eigenvalue weighted by Crippen LogP contribution is 2.30. The van der Waals surface area contributed by atoms with Gasteiger partial charge in [-0.05, 0) is 48.8 Å². The van der Waals surface area contributed by atoms with Crippen molar-refractivity contribution in [3.63, 3.8) is 0 Å². The van der Waals surface area contributed by atoms with Crippen LogP contribution in [-0.4, -0.2) is 36.8 Å². The van der Waals surface area contributed by atoms with Crippen molar-refractivity contribution in [2.75, 3.05) is 11.9 Å². The number of ether oxygens (including phenoxy) is 1. The Morgan fingerprint density at radius 1 is 1.24 bits per heavy atom. The normalized spacial score (nSPS) is 18.2. The Labute approximate surface area is 196 Å². The summed E-state index contributed by atoms with van der Waals surface area (Å²) in [6.45, 7) is 0.420. The van der Waals surface area contributed by atoms with Crippen LogP contribution in [0.1, 0.15) is 40.1 Å². The predicted molar refractivity (Wildman–Crippen MR) is 124 cm³/mol. The largest absolute Gasteiger partial charge is 0.489 e. The van der Waals surface area contributed by atoms with E-state index in [4.69, 9.17) is 14.1 Å². The molecule has 1 aliphatic carbocycles. The molecule has 0 aliphatic heterocycles. The highest BCUT2D eigenvalue weighted by Gasteiger charge is 2.27. The standard InChI is InChI=1S/C22H24N4O5S2/c23-33(28,29)31-12-15-6-7-17(8-15)26-22-19(10-24-14-25-22)21(27)20-9-16(13-32-20)11-30-18-4-2-1-3-5-18/h1-5,9-10,13-15,17H,6-8,11-12H2,(H2,23,28,29)(H,24,25,26)/t15-,17+/m1/s1. The van der Waals surface area contributed by atoms with Gasteiger partial charge in [0.25, 0.3) is 0 Å². The van der Waals surface area contributed by atoms with E-state index in [2.05, 4.69) is 15.3 Å². The minimum Gasteiger partial charge on any atom is -0.489 e. The summed E-state index contributed by atoms with van der Waals surface area (Å²) in [5, 5.41) is 10.1. The minimum absolute atomic E-state index is 0.0405. The molecule has 3 N–H and O–H groups in total. The third-order valence-corrected chi connectivity index (χ3v) is 6.78. The summed E-state index contributed by atoms with van der Waals surface area (Å²) in [6.07, 6.45) is 5.18. The number of carbonyl (C=O) groups excluding carboxylic acids is 1. The van der Waals surface area contributed by atoms with Crippen LogP contribution in [0.5, 0.6) is 5.75 Å². The summed E-state index contributed by atoms with van der Waals surface area (Å²) in [5.74, 6) is 1.12. The molecule has 0 spiro atoms. The number of hydrogen-bond acceptors (Lipinski definition) is 9. The highest BCUT2D eigenvalue weighted by atomic mass is 32.2. The highest BCUT2D eigenvalue weighted by molar-refractivity contribution is 7.84. The lowest BCUT2D eigenvalue weighted by molar-refractivity contribution is 0.104. The molecule has 1 fully saturated rings. The zero-order valence-corrected chi connectivity index (χ0v) is 19.3. The van der Waals surface area contributed by atoms with Crippen LogP contribution in [0.15, 0.2) is 54.3 Å². The lowest BCUT2D eigenvalue weighted by atomic mass is 10.1. The Bertz CT molecular complexity index is 1200. The number of rotatable bonds is 10. The first-order valence-electron chi connectivity index (χ1n) is 10.4. The van der Waals surface area contributed by atoms with Crippen molar-refractivity contribution >= 4 is 33.2 Å². The van der Waals surface area contributed by atoms with Crippen LogP contribution in [0.25, 0.3) is 0 Å². The average Bonchev–Trinajstić information content (AvgIpc) is 3.46. The second kappa shape index (κ2) is 10.4. The van der Waals surface area contributed by atoms with Crippen molar-refractivity contribution in [1.82, 2.24) is 9.97 Å². The molecule has 0 unspecified atom stereocenters. The summed E-state index contributed by atoms with van der Waals surface area (Å²) in [6, 6.07) is 11.4. The van der Waals surface area contributed by atoms with E-state index in [1.807, 2.05) is 41.8 Å². The fourth-order valence-electron chi connectivity index (χ4n) is 3.74. The van der Waals surface area contributed by atoms with Crippen molar-refractivity contribution in [1.29, 1.82) is 0 Å². The van der Waals surface area contributed by atoms with Gasteiger partial charge in [-0.3, -0.25) is 8.98 Å². The number of nitrogens with one attached hydrogen (secondary N) is 1. The summed E-state index contributed by atoms with van der Waals surface area (Å²) in [4.78, 5) is 22.0. The Kier molecular flexibility index (Phi) is 7.33. The summed E-state index contributed by atoms with van der Waals surface area (Å²) in [7, 11) is -3.95. The maximum absolute atomic E-state index is 13.2. The minimum atomic E-state index is -3.95. The molecule has 1 aliphatic rings. The maximum atomic E-state index is 13.2. The quantitative estimate of drug-likeness (QED) is 0.416. The number of ketones is 1. The Morgan fingerprint density at radius 3 is 2.85 bits per heavy atom. The molecule has 4 rings (SSSR count). The second-order valence-corrected chi connectivity index (χ2v) is 9.97. The zero-order chi connectivity index (χ0) is 23.3. The first kappa shape index (κ1) is 23.3.